The second kappa shape index (κ2) is 7.98. The van der Waals surface area contributed by atoms with Gasteiger partial charge in [-0.25, -0.2) is 8.42 Å². The Morgan fingerprint density at radius 3 is 2.04 bits per heavy atom. The van der Waals surface area contributed by atoms with E-state index in [1.54, 1.807) is 18.2 Å². The molecule has 0 aliphatic heterocycles. The van der Waals surface area contributed by atoms with E-state index in [1.807, 2.05) is 49.3 Å². The lowest BCUT2D eigenvalue weighted by Gasteiger charge is -2.22. The van der Waals surface area contributed by atoms with Crippen LogP contribution in [0.5, 0.6) is 0 Å². The van der Waals surface area contributed by atoms with E-state index < -0.39 is 10.0 Å². The third kappa shape index (κ3) is 3.90. The third-order valence-electron chi connectivity index (χ3n) is 3.90. The lowest BCUT2D eigenvalue weighted by molar-refractivity contribution is 0.425. The van der Waals surface area contributed by atoms with E-state index in [2.05, 4.69) is 0 Å². The van der Waals surface area contributed by atoms with Gasteiger partial charge >= 0.3 is 0 Å². The Balaban J connectivity index is 2.60. The van der Waals surface area contributed by atoms with Crippen LogP contribution in [0.1, 0.15) is 12.8 Å². The second-order valence-corrected chi connectivity index (χ2v) is 7.65. The Morgan fingerprint density at radius 1 is 0.920 bits per heavy atom. The van der Waals surface area contributed by atoms with Gasteiger partial charge in [-0.2, -0.15) is 14.8 Å². The summed E-state index contributed by atoms with van der Waals surface area (Å²) in [6.07, 6.45) is 0.163. The molecule has 25 heavy (non-hydrogen) atoms. The summed E-state index contributed by atoms with van der Waals surface area (Å²) in [5.41, 5.74) is 0.926. The van der Waals surface area contributed by atoms with Crippen molar-refractivity contribution in [3.05, 3.63) is 36.4 Å². The van der Waals surface area contributed by atoms with Gasteiger partial charge in [0.1, 0.15) is 0 Å². The number of benzene rings is 2. The quantitative estimate of drug-likeness (QED) is 0.761. The molecule has 0 aliphatic rings. The predicted octanol–water partition coefficient (Wildman–Crippen LogP) is 2.72. The van der Waals surface area contributed by atoms with Crippen LogP contribution in [-0.2, 0) is 10.0 Å². The van der Waals surface area contributed by atoms with Crippen LogP contribution >= 0.6 is 0 Å². The molecule has 0 saturated heterocycles. The average molecular weight is 356 g/mol. The molecule has 0 unspecified atom stereocenters. The molecule has 0 aliphatic carbocycles. The number of anilines is 1. The van der Waals surface area contributed by atoms with Crippen molar-refractivity contribution in [2.24, 2.45) is 0 Å². The Kier molecular flexibility index (Phi) is 5.97. The van der Waals surface area contributed by atoms with Gasteiger partial charge in [0, 0.05) is 56.5 Å². The van der Waals surface area contributed by atoms with Crippen LogP contribution in [0.15, 0.2) is 41.3 Å². The maximum absolute atomic E-state index is 13.1. The first-order valence-corrected chi connectivity index (χ1v) is 9.30. The van der Waals surface area contributed by atoms with Gasteiger partial charge in [0.25, 0.3) is 0 Å². The number of hydrogen-bond donors (Lipinski definition) is 0. The number of fused-ring (bicyclic) bond motifs is 1. The number of nitrogens with zero attached hydrogens (tertiary/aromatic N) is 4. The van der Waals surface area contributed by atoms with Crippen LogP contribution in [0.3, 0.4) is 0 Å². The fourth-order valence-corrected chi connectivity index (χ4v) is 4.37. The Labute approximate surface area is 148 Å². The standard InChI is InChI=1S/C18H20N4O2S/c1-21(2)17-9-3-8-16-15(17)7-4-10-18(16)25(23,24)22(13-5-11-19)14-6-12-20/h3-4,7-10H,5-6,13-14H2,1-2H3. The summed E-state index contributed by atoms with van der Waals surface area (Å²) in [7, 11) is 0.00768. The molecule has 2 aromatic carbocycles. The van der Waals surface area contributed by atoms with Crippen LogP contribution in [0.4, 0.5) is 5.69 Å². The van der Waals surface area contributed by atoms with E-state index in [-0.39, 0.29) is 30.8 Å². The average Bonchev–Trinajstić information content (AvgIpc) is 2.60. The zero-order valence-corrected chi connectivity index (χ0v) is 15.1. The molecule has 0 fully saturated rings. The maximum atomic E-state index is 13.1. The molecule has 0 amide bonds. The van der Waals surface area contributed by atoms with Crippen LogP contribution in [0.2, 0.25) is 0 Å². The maximum Gasteiger partial charge on any atom is 0.243 e. The fourth-order valence-electron chi connectivity index (χ4n) is 2.72. The molecule has 2 rings (SSSR count). The molecular formula is C18H20N4O2S. The van der Waals surface area contributed by atoms with Crippen molar-refractivity contribution < 1.29 is 8.42 Å². The van der Waals surface area contributed by atoms with Crippen molar-refractivity contribution in [2.75, 3.05) is 32.1 Å². The van der Waals surface area contributed by atoms with Gasteiger partial charge < -0.3 is 4.90 Å². The highest BCUT2D eigenvalue weighted by Crippen LogP contribution is 2.31. The lowest BCUT2D eigenvalue weighted by Crippen LogP contribution is -2.33. The summed E-state index contributed by atoms with van der Waals surface area (Å²) in [5.74, 6) is 0. The fraction of sp³-hybridized carbons (Fsp3) is 0.333. The minimum absolute atomic E-state index is 0.0737. The van der Waals surface area contributed by atoms with Gasteiger partial charge in [-0.05, 0) is 12.1 Å². The number of hydrogen-bond acceptors (Lipinski definition) is 5. The molecule has 0 spiro atoms. The minimum Gasteiger partial charge on any atom is -0.377 e. The molecule has 7 heteroatoms. The zero-order chi connectivity index (χ0) is 18.4. The number of nitriles is 2. The second-order valence-electron chi connectivity index (χ2n) is 5.74. The summed E-state index contributed by atoms with van der Waals surface area (Å²) < 4.78 is 27.5. The van der Waals surface area contributed by atoms with Gasteiger partial charge in [0.15, 0.2) is 0 Å². The van der Waals surface area contributed by atoms with Crippen LogP contribution < -0.4 is 4.90 Å². The molecule has 0 heterocycles. The largest absolute Gasteiger partial charge is 0.377 e. The summed E-state index contributed by atoms with van der Waals surface area (Å²) in [5, 5.41) is 19.1. The van der Waals surface area contributed by atoms with Crippen LogP contribution in [0, 0.1) is 22.7 Å². The van der Waals surface area contributed by atoms with E-state index in [0.717, 1.165) is 11.1 Å². The zero-order valence-electron chi connectivity index (χ0n) is 14.3. The van der Waals surface area contributed by atoms with Crippen molar-refractivity contribution in [3.63, 3.8) is 0 Å². The van der Waals surface area contributed by atoms with E-state index in [1.165, 1.54) is 4.31 Å². The first-order chi connectivity index (χ1) is 11.9. The van der Waals surface area contributed by atoms with Gasteiger partial charge in [-0.3, -0.25) is 0 Å². The third-order valence-corrected chi connectivity index (χ3v) is 5.86. The van der Waals surface area contributed by atoms with E-state index >= 15 is 0 Å². The molecule has 6 nitrogen and oxygen atoms in total. The van der Waals surface area contributed by atoms with E-state index in [9.17, 15) is 8.42 Å². The SMILES string of the molecule is CN(C)c1cccc2c(S(=O)(=O)N(CCC#N)CCC#N)cccc12. The first-order valence-electron chi connectivity index (χ1n) is 7.86. The van der Waals surface area contributed by atoms with E-state index in [4.69, 9.17) is 10.5 Å². The van der Waals surface area contributed by atoms with Gasteiger partial charge in [-0.15, -0.1) is 0 Å². The Bertz CT molecular complexity index is 922. The van der Waals surface area contributed by atoms with Crippen molar-refractivity contribution in [1.29, 1.82) is 10.5 Å². The number of sulfonamides is 1. The molecular weight excluding hydrogens is 336 g/mol. The molecule has 2 aromatic rings. The molecule has 130 valence electrons. The highest BCUT2D eigenvalue weighted by atomic mass is 32.2. The van der Waals surface area contributed by atoms with Crippen molar-refractivity contribution in [2.45, 2.75) is 17.7 Å². The van der Waals surface area contributed by atoms with Crippen LogP contribution in [-0.4, -0.2) is 39.9 Å². The minimum atomic E-state index is -3.80. The summed E-state index contributed by atoms with van der Waals surface area (Å²) in [6, 6.07) is 14.6. The summed E-state index contributed by atoms with van der Waals surface area (Å²) in [4.78, 5) is 2.13. The Hall–Kier alpha value is -2.61. The first kappa shape index (κ1) is 18.7. The van der Waals surface area contributed by atoms with Gasteiger partial charge in [-0.1, -0.05) is 24.3 Å². The number of rotatable bonds is 7. The normalized spacial score (nSPS) is 11.2. The predicted molar refractivity (Wildman–Crippen MR) is 97.5 cm³/mol. The molecule has 0 N–H and O–H groups in total. The van der Waals surface area contributed by atoms with Gasteiger partial charge in [0.05, 0.1) is 17.0 Å². The van der Waals surface area contributed by atoms with Crippen molar-refractivity contribution in [3.8, 4) is 12.1 Å². The molecule has 0 saturated carbocycles. The molecule has 0 radical (unpaired) electrons. The topological polar surface area (TPSA) is 88.2 Å². The van der Waals surface area contributed by atoms with Crippen molar-refractivity contribution >= 4 is 26.5 Å². The summed E-state index contributed by atoms with van der Waals surface area (Å²) in [6.45, 7) is 0.147. The van der Waals surface area contributed by atoms with E-state index in [0.29, 0.717) is 5.39 Å². The molecule has 0 bridgehead atoms. The molecule has 0 atom stereocenters. The lowest BCUT2D eigenvalue weighted by atomic mass is 10.1. The monoisotopic (exact) mass is 356 g/mol. The van der Waals surface area contributed by atoms with Gasteiger partial charge in [0.2, 0.25) is 10.0 Å². The molecule has 0 aromatic heterocycles. The highest BCUT2D eigenvalue weighted by Gasteiger charge is 2.26. The Morgan fingerprint density at radius 2 is 1.48 bits per heavy atom. The van der Waals surface area contributed by atoms with Crippen molar-refractivity contribution in [1.82, 2.24) is 4.31 Å². The van der Waals surface area contributed by atoms with Crippen LogP contribution in [0.25, 0.3) is 10.8 Å². The smallest absolute Gasteiger partial charge is 0.243 e. The summed E-state index contributed by atoms with van der Waals surface area (Å²) >= 11 is 0. The highest BCUT2D eigenvalue weighted by molar-refractivity contribution is 7.89.